The minimum Gasteiger partial charge on any atom is -0.339 e. The lowest BCUT2D eigenvalue weighted by Gasteiger charge is -2.18. The van der Waals surface area contributed by atoms with E-state index in [1.165, 1.54) is 0 Å². The van der Waals surface area contributed by atoms with Crippen molar-refractivity contribution < 1.29 is 9.59 Å². The number of rotatable bonds is 6. The van der Waals surface area contributed by atoms with Gasteiger partial charge in [-0.05, 0) is 62.1 Å². The van der Waals surface area contributed by atoms with E-state index >= 15 is 0 Å². The third kappa shape index (κ3) is 3.91. The fourth-order valence-electron chi connectivity index (χ4n) is 3.23. The van der Waals surface area contributed by atoms with E-state index in [2.05, 4.69) is 5.32 Å². The molecule has 1 fully saturated rings. The van der Waals surface area contributed by atoms with Crippen LogP contribution in [-0.4, -0.2) is 29.8 Å². The van der Waals surface area contributed by atoms with Crippen molar-refractivity contribution >= 4 is 29.1 Å². The number of halogens is 1. The van der Waals surface area contributed by atoms with Crippen LogP contribution in [0.1, 0.15) is 42.1 Å². The highest BCUT2D eigenvalue weighted by molar-refractivity contribution is 6.31. The minimum absolute atomic E-state index is 0.00209. The van der Waals surface area contributed by atoms with Crippen molar-refractivity contribution in [3.63, 3.8) is 0 Å². The normalized spacial score (nSPS) is 18.3. The molecule has 2 atom stereocenters. The van der Waals surface area contributed by atoms with Gasteiger partial charge in [-0.1, -0.05) is 29.8 Å². The van der Waals surface area contributed by atoms with Crippen LogP contribution in [0.2, 0.25) is 5.02 Å². The number of anilines is 1. The Labute approximate surface area is 159 Å². The van der Waals surface area contributed by atoms with Crippen LogP contribution in [-0.2, 0) is 4.79 Å². The van der Waals surface area contributed by atoms with Gasteiger partial charge in [0.1, 0.15) is 0 Å². The molecule has 0 heterocycles. The summed E-state index contributed by atoms with van der Waals surface area (Å²) in [6.45, 7) is 5.28. The zero-order valence-electron chi connectivity index (χ0n) is 15.0. The fraction of sp³-hybridized carbons (Fsp3) is 0.333. The molecule has 2 unspecified atom stereocenters. The number of hydrogen-bond acceptors (Lipinski definition) is 2. The van der Waals surface area contributed by atoms with Crippen molar-refractivity contribution in [2.75, 3.05) is 18.4 Å². The van der Waals surface area contributed by atoms with Crippen LogP contribution in [0.5, 0.6) is 0 Å². The summed E-state index contributed by atoms with van der Waals surface area (Å²) >= 11 is 6.22. The molecular formula is C21H23ClN2O2. The maximum atomic E-state index is 12.5. The Kier molecular flexibility index (Phi) is 5.62. The number of carbonyl (C=O) groups excluding carboxylic acids is 2. The standard InChI is InChI=1S/C21H23ClN2O2/c1-3-24(4-2)21(26)14-9-11-15(12-10-14)23-20(25)18-13-17(18)16-7-5-6-8-19(16)22/h5-12,17-18H,3-4,13H2,1-2H3,(H,23,25). The molecule has 4 nitrogen and oxygen atoms in total. The Morgan fingerprint density at radius 3 is 2.35 bits per heavy atom. The van der Waals surface area contributed by atoms with E-state index in [1.807, 2.05) is 38.1 Å². The Morgan fingerprint density at radius 1 is 1.08 bits per heavy atom. The van der Waals surface area contributed by atoms with Gasteiger partial charge < -0.3 is 10.2 Å². The van der Waals surface area contributed by atoms with Crippen LogP contribution in [0, 0.1) is 5.92 Å². The van der Waals surface area contributed by atoms with Crippen molar-refractivity contribution in [1.29, 1.82) is 0 Å². The summed E-state index contributed by atoms with van der Waals surface area (Å²) < 4.78 is 0. The molecule has 136 valence electrons. The summed E-state index contributed by atoms with van der Waals surface area (Å²) in [5, 5.41) is 3.65. The molecule has 0 spiro atoms. The van der Waals surface area contributed by atoms with Gasteiger partial charge in [0, 0.05) is 35.3 Å². The average molecular weight is 371 g/mol. The SMILES string of the molecule is CCN(CC)C(=O)c1ccc(NC(=O)C2CC2c2ccccc2Cl)cc1. The second-order valence-corrected chi connectivity index (χ2v) is 6.92. The highest BCUT2D eigenvalue weighted by atomic mass is 35.5. The Bertz CT molecular complexity index is 800. The first-order chi connectivity index (χ1) is 12.5. The number of nitrogens with zero attached hydrogens (tertiary/aromatic N) is 1. The first-order valence-corrected chi connectivity index (χ1v) is 9.37. The van der Waals surface area contributed by atoms with E-state index < -0.39 is 0 Å². The molecule has 5 heteroatoms. The lowest BCUT2D eigenvalue weighted by Crippen LogP contribution is -2.30. The lowest BCUT2D eigenvalue weighted by atomic mass is 10.1. The number of carbonyl (C=O) groups is 2. The van der Waals surface area contributed by atoms with Gasteiger partial charge in [-0.2, -0.15) is 0 Å². The largest absolute Gasteiger partial charge is 0.339 e. The van der Waals surface area contributed by atoms with Gasteiger partial charge in [0.2, 0.25) is 5.91 Å². The summed E-state index contributed by atoms with van der Waals surface area (Å²) in [5.41, 5.74) is 2.37. The van der Waals surface area contributed by atoms with Gasteiger partial charge in [-0.25, -0.2) is 0 Å². The topological polar surface area (TPSA) is 49.4 Å². The van der Waals surface area contributed by atoms with E-state index in [9.17, 15) is 9.59 Å². The molecular weight excluding hydrogens is 348 g/mol. The zero-order chi connectivity index (χ0) is 18.7. The highest BCUT2D eigenvalue weighted by Gasteiger charge is 2.44. The third-order valence-electron chi connectivity index (χ3n) is 4.88. The first-order valence-electron chi connectivity index (χ1n) is 8.99. The van der Waals surface area contributed by atoms with Crippen molar-refractivity contribution in [1.82, 2.24) is 4.90 Å². The molecule has 2 aromatic carbocycles. The van der Waals surface area contributed by atoms with Crippen LogP contribution in [0.3, 0.4) is 0 Å². The zero-order valence-corrected chi connectivity index (χ0v) is 15.8. The molecule has 1 saturated carbocycles. The van der Waals surface area contributed by atoms with E-state index in [-0.39, 0.29) is 23.7 Å². The second kappa shape index (κ2) is 7.92. The molecule has 2 aromatic rings. The summed E-state index contributed by atoms with van der Waals surface area (Å²) in [5.74, 6) is 0.144. The number of amides is 2. The maximum Gasteiger partial charge on any atom is 0.253 e. The molecule has 0 aromatic heterocycles. The summed E-state index contributed by atoms with van der Waals surface area (Å²) in [7, 11) is 0. The molecule has 1 aliphatic rings. The van der Waals surface area contributed by atoms with E-state index in [4.69, 9.17) is 11.6 Å². The second-order valence-electron chi connectivity index (χ2n) is 6.51. The number of benzene rings is 2. The Morgan fingerprint density at radius 2 is 1.73 bits per heavy atom. The highest BCUT2D eigenvalue weighted by Crippen LogP contribution is 2.49. The monoisotopic (exact) mass is 370 g/mol. The predicted molar refractivity (Wildman–Crippen MR) is 105 cm³/mol. The minimum atomic E-state index is -0.0492. The van der Waals surface area contributed by atoms with Crippen LogP contribution < -0.4 is 5.32 Å². The van der Waals surface area contributed by atoms with Crippen LogP contribution in [0.25, 0.3) is 0 Å². The van der Waals surface area contributed by atoms with E-state index in [1.54, 1.807) is 29.2 Å². The summed E-state index contributed by atoms with van der Waals surface area (Å²) in [4.78, 5) is 26.5. The van der Waals surface area contributed by atoms with E-state index in [0.717, 1.165) is 12.0 Å². The summed E-state index contributed by atoms with van der Waals surface area (Å²) in [6, 6.07) is 14.8. The van der Waals surface area contributed by atoms with Crippen molar-refractivity contribution in [2.45, 2.75) is 26.2 Å². The molecule has 0 saturated heterocycles. The third-order valence-corrected chi connectivity index (χ3v) is 5.23. The van der Waals surface area contributed by atoms with Crippen LogP contribution in [0.4, 0.5) is 5.69 Å². The van der Waals surface area contributed by atoms with Crippen molar-refractivity contribution in [3.8, 4) is 0 Å². The smallest absolute Gasteiger partial charge is 0.253 e. The molecule has 2 amide bonds. The average Bonchev–Trinajstić information content (AvgIpc) is 3.44. The van der Waals surface area contributed by atoms with Gasteiger partial charge >= 0.3 is 0 Å². The van der Waals surface area contributed by atoms with Gasteiger partial charge in [0.15, 0.2) is 0 Å². The van der Waals surface area contributed by atoms with Gasteiger partial charge in [0.25, 0.3) is 5.91 Å². The molecule has 0 bridgehead atoms. The van der Waals surface area contributed by atoms with Gasteiger partial charge in [-0.3, -0.25) is 9.59 Å². The number of hydrogen-bond donors (Lipinski definition) is 1. The first kappa shape index (κ1) is 18.5. The van der Waals surface area contributed by atoms with E-state index in [0.29, 0.717) is 29.4 Å². The van der Waals surface area contributed by atoms with Crippen molar-refractivity contribution in [2.24, 2.45) is 5.92 Å². The molecule has 3 rings (SSSR count). The Balaban J connectivity index is 1.61. The molecule has 0 aliphatic heterocycles. The molecule has 26 heavy (non-hydrogen) atoms. The maximum absolute atomic E-state index is 12.5. The Hall–Kier alpha value is -2.33. The molecule has 0 radical (unpaired) electrons. The quantitative estimate of drug-likeness (QED) is 0.810. The van der Waals surface area contributed by atoms with Crippen LogP contribution >= 0.6 is 11.6 Å². The summed E-state index contributed by atoms with van der Waals surface area (Å²) in [6.07, 6.45) is 0.814. The van der Waals surface area contributed by atoms with Crippen LogP contribution in [0.15, 0.2) is 48.5 Å². The molecule has 1 aliphatic carbocycles. The number of nitrogens with one attached hydrogen (secondary N) is 1. The van der Waals surface area contributed by atoms with Gasteiger partial charge in [0.05, 0.1) is 0 Å². The fourth-order valence-corrected chi connectivity index (χ4v) is 3.50. The lowest BCUT2D eigenvalue weighted by molar-refractivity contribution is -0.117. The van der Waals surface area contributed by atoms with Crippen molar-refractivity contribution in [3.05, 3.63) is 64.7 Å². The molecule has 1 N–H and O–H groups in total. The van der Waals surface area contributed by atoms with Gasteiger partial charge in [-0.15, -0.1) is 0 Å². The predicted octanol–water partition coefficient (Wildman–Crippen LogP) is 4.56.